The average molecular weight is 431 g/mol. The predicted molar refractivity (Wildman–Crippen MR) is 118 cm³/mol. The largest absolute Gasteiger partial charge is 0.635 e. The highest BCUT2D eigenvalue weighted by atomic mass is 16.6. The van der Waals surface area contributed by atoms with Crippen LogP contribution in [0.4, 0.5) is 0 Å². The van der Waals surface area contributed by atoms with Gasteiger partial charge in [0.25, 0.3) is 0 Å². The average Bonchev–Trinajstić information content (AvgIpc) is 3.27. The fourth-order valence-corrected chi connectivity index (χ4v) is 3.38. The zero-order valence-corrected chi connectivity index (χ0v) is 17.2. The highest BCUT2D eigenvalue weighted by Crippen LogP contribution is 2.17. The molecule has 0 bridgehead atoms. The minimum Gasteiger partial charge on any atom is -0.402 e. The van der Waals surface area contributed by atoms with Crippen LogP contribution in [0.25, 0.3) is 16.5 Å². The molecule has 3 N–H and O–H groups in total. The highest BCUT2D eigenvalue weighted by molar-refractivity contribution is 6.32. The van der Waals surface area contributed by atoms with Gasteiger partial charge in [0.15, 0.2) is 0 Å². The summed E-state index contributed by atoms with van der Waals surface area (Å²) >= 11 is 0. The molecule has 2 aromatic heterocycles. The van der Waals surface area contributed by atoms with Crippen molar-refractivity contribution in [2.75, 3.05) is 0 Å². The highest BCUT2D eigenvalue weighted by Gasteiger charge is 2.21. The maximum Gasteiger partial charge on any atom is 0.635 e. The molecule has 2 heterocycles. The van der Waals surface area contributed by atoms with E-state index < -0.39 is 13.5 Å². The predicted octanol–water partition coefficient (Wildman–Crippen LogP) is 1.42. The lowest BCUT2D eigenvalue weighted by atomic mass is 10.0. The molecule has 9 nitrogen and oxygen atoms in total. The maximum absolute atomic E-state index is 12.5. The number of nitrogens with one attached hydrogen (secondary N) is 1. The first-order valence-corrected chi connectivity index (χ1v) is 10.2. The Morgan fingerprint density at radius 1 is 1.12 bits per heavy atom. The molecule has 0 saturated heterocycles. The Morgan fingerprint density at radius 3 is 2.75 bits per heavy atom. The van der Waals surface area contributed by atoms with Gasteiger partial charge in [-0.05, 0) is 28.5 Å². The van der Waals surface area contributed by atoms with Gasteiger partial charge in [-0.25, -0.2) is 4.68 Å². The lowest BCUT2D eigenvalue weighted by Crippen LogP contribution is -2.42. The van der Waals surface area contributed by atoms with Crippen LogP contribution in [0.2, 0.25) is 0 Å². The molecule has 4 rings (SSSR count). The summed E-state index contributed by atoms with van der Waals surface area (Å²) in [7, 11) is -2.00. The number of aromatic nitrogens is 4. The third-order valence-electron chi connectivity index (χ3n) is 4.90. The summed E-state index contributed by atoms with van der Waals surface area (Å²) in [5.41, 5.74) is 2.32. The third kappa shape index (κ3) is 5.76. The van der Waals surface area contributed by atoms with Crippen LogP contribution >= 0.6 is 0 Å². The molecule has 0 aliphatic heterocycles. The normalized spacial score (nSPS) is 11.9. The molecule has 0 radical (unpaired) electrons. The Morgan fingerprint density at radius 2 is 1.97 bits per heavy atom. The fraction of sp³-hybridized carbons (Fsp3) is 0.182. The Hall–Kier alpha value is -3.60. The first kappa shape index (κ1) is 21.6. The van der Waals surface area contributed by atoms with Crippen LogP contribution < -0.4 is 5.32 Å². The van der Waals surface area contributed by atoms with Crippen molar-refractivity contribution in [2.45, 2.75) is 25.5 Å². The summed E-state index contributed by atoms with van der Waals surface area (Å²) in [6.45, 7) is 0. The molecule has 0 fully saturated rings. The molecule has 2 aromatic carbocycles. The number of hydrogen-bond acceptors (Lipinski definition) is 7. The first-order chi connectivity index (χ1) is 15.6. The van der Waals surface area contributed by atoms with Crippen molar-refractivity contribution in [1.29, 1.82) is 0 Å². The SMILES string of the molecule is O=C(CCc1cn(-c2cccnc2)nn1)N[C@@H](Cc1ccc2ccccc2c1)OB(O)O. The zero-order valence-electron chi connectivity index (χ0n) is 17.2. The molecule has 10 heteroatoms. The zero-order chi connectivity index (χ0) is 22.3. The summed E-state index contributed by atoms with van der Waals surface area (Å²) in [4.78, 5) is 16.5. The van der Waals surface area contributed by atoms with Gasteiger partial charge in [-0.3, -0.25) is 9.78 Å². The minimum absolute atomic E-state index is 0.144. The van der Waals surface area contributed by atoms with Crippen molar-refractivity contribution in [2.24, 2.45) is 0 Å². The maximum atomic E-state index is 12.5. The first-order valence-electron chi connectivity index (χ1n) is 10.2. The van der Waals surface area contributed by atoms with Crippen LogP contribution in [-0.2, 0) is 22.3 Å². The molecule has 162 valence electrons. The Balaban J connectivity index is 1.36. The van der Waals surface area contributed by atoms with E-state index in [1.165, 1.54) is 0 Å². The van der Waals surface area contributed by atoms with E-state index >= 15 is 0 Å². The second-order valence-corrected chi connectivity index (χ2v) is 7.27. The van der Waals surface area contributed by atoms with Crippen molar-refractivity contribution >= 4 is 24.0 Å². The number of hydrogen-bond donors (Lipinski definition) is 3. The number of rotatable bonds is 9. The molecule has 0 aliphatic rings. The van der Waals surface area contributed by atoms with Crippen molar-refractivity contribution in [3.63, 3.8) is 0 Å². The van der Waals surface area contributed by atoms with Gasteiger partial charge in [-0.15, -0.1) is 5.10 Å². The van der Waals surface area contributed by atoms with Crippen LogP contribution in [0.1, 0.15) is 17.7 Å². The van der Waals surface area contributed by atoms with Crippen molar-refractivity contribution in [3.8, 4) is 5.69 Å². The summed E-state index contributed by atoms with van der Waals surface area (Å²) < 4.78 is 6.68. The van der Waals surface area contributed by atoms with Crippen LogP contribution in [-0.4, -0.2) is 49.5 Å². The Kier molecular flexibility index (Phi) is 6.86. The molecule has 32 heavy (non-hydrogen) atoms. The summed E-state index contributed by atoms with van der Waals surface area (Å²) in [5, 5.41) is 31.5. The van der Waals surface area contributed by atoms with E-state index in [1.807, 2.05) is 48.5 Å². The second kappa shape index (κ2) is 10.1. The molecule has 1 atom stereocenters. The van der Waals surface area contributed by atoms with Gasteiger partial charge in [-0.1, -0.05) is 47.7 Å². The van der Waals surface area contributed by atoms with Crippen LogP contribution in [0.5, 0.6) is 0 Å². The van der Waals surface area contributed by atoms with Crippen molar-refractivity contribution in [1.82, 2.24) is 25.3 Å². The van der Waals surface area contributed by atoms with Gasteiger partial charge in [-0.2, -0.15) is 0 Å². The molecule has 0 saturated carbocycles. The molecule has 0 aliphatic carbocycles. The van der Waals surface area contributed by atoms with E-state index in [9.17, 15) is 14.8 Å². The van der Waals surface area contributed by atoms with E-state index in [0.717, 1.165) is 22.0 Å². The Labute approximate surface area is 184 Å². The minimum atomic E-state index is -2.00. The van der Waals surface area contributed by atoms with Gasteiger partial charge >= 0.3 is 7.32 Å². The molecule has 1 amide bonds. The third-order valence-corrected chi connectivity index (χ3v) is 4.90. The summed E-state index contributed by atoms with van der Waals surface area (Å²) in [6.07, 6.45) is 4.98. The number of nitrogens with zero attached hydrogens (tertiary/aromatic N) is 4. The number of benzene rings is 2. The lowest BCUT2D eigenvalue weighted by molar-refractivity contribution is -0.123. The van der Waals surface area contributed by atoms with Crippen molar-refractivity contribution in [3.05, 3.63) is 84.4 Å². The van der Waals surface area contributed by atoms with Crippen LogP contribution in [0, 0.1) is 0 Å². The van der Waals surface area contributed by atoms with E-state index in [1.54, 1.807) is 29.3 Å². The smallest absolute Gasteiger partial charge is 0.402 e. The quantitative estimate of drug-likeness (QED) is 0.271. The van der Waals surface area contributed by atoms with E-state index in [-0.39, 0.29) is 18.7 Å². The van der Waals surface area contributed by atoms with E-state index in [0.29, 0.717) is 12.1 Å². The molecule has 0 unspecified atom stereocenters. The Bertz CT molecular complexity index is 1190. The van der Waals surface area contributed by atoms with Gasteiger partial charge < -0.3 is 20.0 Å². The number of amides is 1. The lowest BCUT2D eigenvalue weighted by Gasteiger charge is -2.19. The van der Waals surface area contributed by atoms with Gasteiger partial charge in [0.1, 0.15) is 6.23 Å². The van der Waals surface area contributed by atoms with Crippen molar-refractivity contribution < 1.29 is 19.5 Å². The number of carbonyl (C=O) groups is 1. The molecular formula is C22H22BN5O4. The monoisotopic (exact) mass is 431 g/mol. The van der Waals surface area contributed by atoms with Gasteiger partial charge in [0.2, 0.25) is 5.91 Å². The molecular weight excluding hydrogens is 409 g/mol. The number of pyridine rings is 1. The van der Waals surface area contributed by atoms with Crippen LogP contribution in [0.3, 0.4) is 0 Å². The number of aryl methyl sites for hydroxylation is 1. The standard InChI is InChI=1S/C22H22BN5O4/c29-21(10-9-19-15-28(27-26-19)20-6-3-11-24-14-20)25-22(32-23(30)31)13-16-7-8-17-4-1-2-5-18(17)12-16/h1-8,11-12,14-15,22,30-31H,9-10,13H2,(H,25,29)/t22-/m1/s1. The van der Waals surface area contributed by atoms with E-state index in [2.05, 4.69) is 20.6 Å². The summed E-state index contributed by atoms with van der Waals surface area (Å²) in [5.74, 6) is -0.299. The molecule has 4 aromatic rings. The fourth-order valence-electron chi connectivity index (χ4n) is 3.38. The summed E-state index contributed by atoms with van der Waals surface area (Å²) in [6, 6.07) is 17.5. The number of carbonyl (C=O) groups excluding carboxylic acids is 1. The second-order valence-electron chi connectivity index (χ2n) is 7.27. The molecule has 0 spiro atoms. The van der Waals surface area contributed by atoms with Gasteiger partial charge in [0, 0.05) is 25.5 Å². The van der Waals surface area contributed by atoms with E-state index in [4.69, 9.17) is 4.65 Å². The van der Waals surface area contributed by atoms with Crippen LogP contribution in [0.15, 0.2) is 73.2 Å². The van der Waals surface area contributed by atoms with Gasteiger partial charge in [0.05, 0.1) is 23.8 Å². The topological polar surface area (TPSA) is 122 Å². The number of fused-ring (bicyclic) bond motifs is 1.